The van der Waals surface area contributed by atoms with Crippen LogP contribution in [0.5, 0.6) is 0 Å². The number of para-hydroxylation sites is 1. The number of nitrogens with zero attached hydrogens (tertiary/aromatic N) is 2. The highest BCUT2D eigenvalue weighted by Crippen LogP contribution is 2.16. The number of aliphatic carboxylic acids is 1. The van der Waals surface area contributed by atoms with Crippen LogP contribution >= 0.6 is 0 Å². The summed E-state index contributed by atoms with van der Waals surface area (Å²) in [4.78, 5) is 21.4. The Labute approximate surface area is 104 Å². The summed E-state index contributed by atoms with van der Waals surface area (Å²) in [6.45, 7) is 3.26. The predicted octanol–water partition coefficient (Wildman–Crippen LogP) is 1.17. The second-order valence-corrected chi connectivity index (χ2v) is 3.54. The highest BCUT2D eigenvalue weighted by molar-refractivity contribution is 5.76. The first-order chi connectivity index (χ1) is 8.54. The van der Waals surface area contributed by atoms with Gasteiger partial charge in [0.2, 0.25) is 0 Å². The molecule has 0 amide bonds. The Bertz CT molecular complexity index is 404. The molecule has 1 atom stereocenters. The Balaban J connectivity index is 0.000000468. The van der Waals surface area contributed by atoms with Crippen molar-refractivity contribution in [1.82, 2.24) is 0 Å². The van der Waals surface area contributed by atoms with Gasteiger partial charge in [0, 0.05) is 0 Å². The van der Waals surface area contributed by atoms with Crippen molar-refractivity contribution in [1.29, 1.82) is 0 Å². The van der Waals surface area contributed by atoms with E-state index in [9.17, 15) is 14.9 Å². The van der Waals surface area contributed by atoms with Crippen LogP contribution in [0.1, 0.15) is 6.92 Å². The van der Waals surface area contributed by atoms with Crippen LogP contribution in [0.2, 0.25) is 0 Å². The summed E-state index contributed by atoms with van der Waals surface area (Å²) in [5.41, 5.74) is 0.248. The first-order valence-corrected chi connectivity index (χ1v) is 5.33. The molecule has 0 bridgehead atoms. The fourth-order valence-corrected chi connectivity index (χ4v) is 1.14. The van der Waals surface area contributed by atoms with Crippen LogP contribution in [0.25, 0.3) is 0 Å². The van der Waals surface area contributed by atoms with Crippen LogP contribution in [0, 0.1) is 10.1 Å². The Morgan fingerprint density at radius 3 is 2.28 bits per heavy atom. The number of benzene rings is 1. The number of carboxylic acids is 1. The Morgan fingerprint density at radius 1 is 1.44 bits per heavy atom. The predicted molar refractivity (Wildman–Crippen MR) is 63.8 cm³/mol. The van der Waals surface area contributed by atoms with E-state index >= 15 is 0 Å². The van der Waals surface area contributed by atoms with E-state index in [1.54, 1.807) is 18.2 Å². The minimum Gasteiger partial charge on any atom is -0.480 e. The van der Waals surface area contributed by atoms with Crippen molar-refractivity contribution >= 4 is 11.7 Å². The molecule has 0 saturated carbocycles. The standard InChI is InChI=1S/C9H10N2O4.C2H4O/c1-7(9(12)13)10(11(14)15)8-5-3-2-4-6-8;1-2-3-1/h2-7H,1H3,(H,12,13);1-2H2. The number of epoxide rings is 1. The third kappa shape index (κ3) is 4.38. The summed E-state index contributed by atoms with van der Waals surface area (Å²) in [6, 6.07) is 6.70. The van der Waals surface area contributed by atoms with Crippen LogP contribution in [0.4, 0.5) is 5.69 Å². The van der Waals surface area contributed by atoms with E-state index in [2.05, 4.69) is 4.74 Å². The number of hydrogen-bond donors (Lipinski definition) is 1. The van der Waals surface area contributed by atoms with Crippen molar-refractivity contribution < 1.29 is 19.7 Å². The molecule has 7 heteroatoms. The third-order valence-corrected chi connectivity index (χ3v) is 2.13. The highest BCUT2D eigenvalue weighted by Gasteiger charge is 2.30. The molecule has 1 aliphatic rings. The van der Waals surface area contributed by atoms with Crippen molar-refractivity contribution in [3.8, 4) is 0 Å². The summed E-state index contributed by atoms with van der Waals surface area (Å²) in [5.74, 6) is -1.24. The van der Waals surface area contributed by atoms with Gasteiger partial charge in [-0.3, -0.25) is 0 Å². The summed E-state index contributed by atoms with van der Waals surface area (Å²) in [5, 5.41) is 19.3. The van der Waals surface area contributed by atoms with Crippen LogP contribution in [-0.2, 0) is 9.53 Å². The lowest BCUT2D eigenvalue weighted by Crippen LogP contribution is -2.43. The van der Waals surface area contributed by atoms with Crippen LogP contribution < -0.4 is 5.01 Å². The SMILES string of the molecule is C1CO1.CC(C(=O)O)N(c1ccccc1)[N+](=O)[O-]. The van der Waals surface area contributed by atoms with E-state index in [-0.39, 0.29) is 5.69 Å². The average Bonchev–Trinajstić information content (AvgIpc) is 3.17. The number of hydrogen-bond acceptors (Lipinski definition) is 4. The van der Waals surface area contributed by atoms with Gasteiger partial charge in [0.1, 0.15) is 5.69 Å². The fraction of sp³-hybridized carbons (Fsp3) is 0.364. The Kier molecular flexibility index (Phi) is 5.06. The quantitative estimate of drug-likeness (QED) is 0.492. The van der Waals surface area contributed by atoms with Gasteiger partial charge in [0.15, 0.2) is 11.1 Å². The number of carboxylic acid groups (broad SMARTS) is 1. The van der Waals surface area contributed by atoms with E-state index in [1.165, 1.54) is 19.1 Å². The monoisotopic (exact) mass is 254 g/mol. The van der Waals surface area contributed by atoms with Crippen molar-refractivity contribution in [2.75, 3.05) is 18.2 Å². The lowest BCUT2D eigenvalue weighted by Gasteiger charge is -2.17. The second kappa shape index (κ2) is 6.55. The first kappa shape index (κ1) is 13.9. The topological polar surface area (TPSA) is 96.2 Å². The molecular weight excluding hydrogens is 240 g/mol. The van der Waals surface area contributed by atoms with E-state index in [0.29, 0.717) is 5.01 Å². The molecule has 1 heterocycles. The fourth-order valence-electron chi connectivity index (χ4n) is 1.14. The molecular formula is C11H14N2O5. The van der Waals surface area contributed by atoms with Gasteiger partial charge in [-0.05, 0) is 19.1 Å². The van der Waals surface area contributed by atoms with Gasteiger partial charge in [-0.1, -0.05) is 23.2 Å². The molecule has 1 fully saturated rings. The van der Waals surface area contributed by atoms with Crippen molar-refractivity contribution in [3.63, 3.8) is 0 Å². The number of rotatable bonds is 4. The molecule has 18 heavy (non-hydrogen) atoms. The van der Waals surface area contributed by atoms with Gasteiger partial charge in [0.05, 0.1) is 13.2 Å². The number of nitro groups is 1. The zero-order valence-electron chi connectivity index (χ0n) is 9.85. The molecule has 0 spiro atoms. The van der Waals surface area contributed by atoms with Crippen LogP contribution in [-0.4, -0.2) is 35.4 Å². The van der Waals surface area contributed by atoms with Gasteiger partial charge in [0.25, 0.3) is 0 Å². The first-order valence-electron chi connectivity index (χ1n) is 5.33. The molecule has 1 aromatic rings. The minimum absolute atomic E-state index is 0.248. The molecule has 0 radical (unpaired) electrons. The Hall–Kier alpha value is -2.15. The highest BCUT2D eigenvalue weighted by atomic mass is 16.7. The maximum atomic E-state index is 10.7. The average molecular weight is 254 g/mol. The molecule has 7 nitrogen and oxygen atoms in total. The van der Waals surface area contributed by atoms with Gasteiger partial charge in [-0.15, -0.1) is 0 Å². The summed E-state index contributed by atoms with van der Waals surface area (Å²) >= 11 is 0. The number of hydrazine groups is 1. The summed E-state index contributed by atoms with van der Waals surface area (Å²) in [6.07, 6.45) is 0. The largest absolute Gasteiger partial charge is 0.480 e. The van der Waals surface area contributed by atoms with Gasteiger partial charge in [-0.2, -0.15) is 0 Å². The lowest BCUT2D eigenvalue weighted by molar-refractivity contribution is -0.498. The van der Waals surface area contributed by atoms with E-state index in [0.717, 1.165) is 13.2 Å². The summed E-state index contributed by atoms with van der Waals surface area (Å²) in [7, 11) is 0. The molecule has 1 aliphatic heterocycles. The van der Waals surface area contributed by atoms with Crippen LogP contribution in [0.3, 0.4) is 0 Å². The zero-order valence-corrected chi connectivity index (χ0v) is 9.85. The zero-order chi connectivity index (χ0) is 13.5. The van der Waals surface area contributed by atoms with Crippen molar-refractivity contribution in [2.24, 2.45) is 0 Å². The smallest absolute Gasteiger partial charge is 0.332 e. The molecule has 98 valence electrons. The van der Waals surface area contributed by atoms with E-state index in [1.807, 2.05) is 0 Å². The van der Waals surface area contributed by atoms with E-state index < -0.39 is 17.0 Å². The molecule has 1 N–H and O–H groups in total. The van der Waals surface area contributed by atoms with Crippen LogP contribution in [0.15, 0.2) is 30.3 Å². The maximum absolute atomic E-state index is 10.7. The minimum atomic E-state index is -1.24. The van der Waals surface area contributed by atoms with Crippen molar-refractivity contribution in [3.05, 3.63) is 40.4 Å². The summed E-state index contributed by atoms with van der Waals surface area (Å²) < 4.78 is 4.50. The number of carbonyl (C=O) groups is 1. The number of anilines is 1. The molecule has 1 aromatic carbocycles. The molecule has 0 aromatic heterocycles. The van der Waals surface area contributed by atoms with Gasteiger partial charge >= 0.3 is 5.97 Å². The van der Waals surface area contributed by atoms with Crippen molar-refractivity contribution in [2.45, 2.75) is 13.0 Å². The molecule has 2 rings (SSSR count). The molecule has 0 aliphatic carbocycles. The normalized spacial score (nSPS) is 13.8. The number of ether oxygens (including phenoxy) is 1. The van der Waals surface area contributed by atoms with Gasteiger partial charge < -0.3 is 9.84 Å². The second-order valence-electron chi connectivity index (χ2n) is 3.54. The Morgan fingerprint density at radius 2 is 1.94 bits per heavy atom. The lowest BCUT2D eigenvalue weighted by atomic mass is 10.2. The molecule has 1 saturated heterocycles. The van der Waals surface area contributed by atoms with Gasteiger partial charge in [-0.25, -0.2) is 14.9 Å². The molecule has 1 unspecified atom stereocenters. The maximum Gasteiger partial charge on any atom is 0.332 e. The van der Waals surface area contributed by atoms with E-state index in [4.69, 9.17) is 5.11 Å². The third-order valence-electron chi connectivity index (χ3n) is 2.13.